The Balaban J connectivity index is 2.36. The highest BCUT2D eigenvalue weighted by Crippen LogP contribution is 2.37. The zero-order valence-corrected chi connectivity index (χ0v) is 11.7. The van der Waals surface area contributed by atoms with Crippen LogP contribution in [0, 0.1) is 0 Å². The van der Waals surface area contributed by atoms with E-state index in [1.165, 1.54) is 17.0 Å². The molecule has 0 saturated heterocycles. The van der Waals surface area contributed by atoms with Crippen molar-refractivity contribution in [1.82, 2.24) is 4.90 Å². The van der Waals surface area contributed by atoms with Gasteiger partial charge < -0.3 is 10.3 Å². The number of hydrazine groups is 1. The number of hydrogen-bond donors (Lipinski definition) is 2. The van der Waals surface area contributed by atoms with E-state index in [0.717, 1.165) is 31.7 Å². The Morgan fingerprint density at radius 3 is 2.48 bits per heavy atom. The van der Waals surface area contributed by atoms with Crippen LogP contribution in [-0.4, -0.2) is 23.9 Å². The van der Waals surface area contributed by atoms with Crippen molar-refractivity contribution in [3.05, 3.63) is 29.3 Å². The number of benzene rings is 1. The van der Waals surface area contributed by atoms with E-state index in [4.69, 9.17) is 5.84 Å². The zero-order valence-electron chi connectivity index (χ0n) is 11.7. The summed E-state index contributed by atoms with van der Waals surface area (Å²) in [5.74, 6) is 4.78. The van der Waals surface area contributed by atoms with Gasteiger partial charge in [0.1, 0.15) is 0 Å². The summed E-state index contributed by atoms with van der Waals surface area (Å²) >= 11 is 0. The van der Waals surface area contributed by atoms with Crippen molar-refractivity contribution in [3.63, 3.8) is 0 Å². The van der Waals surface area contributed by atoms with Crippen molar-refractivity contribution in [2.24, 2.45) is 5.84 Å². The Bertz CT molecular complexity index is 525. The molecule has 1 aliphatic rings. The molecule has 0 unspecified atom stereocenters. The number of anilines is 1. The van der Waals surface area contributed by atoms with Gasteiger partial charge in [-0.2, -0.15) is 13.2 Å². The highest BCUT2D eigenvalue weighted by molar-refractivity contribution is 6.00. The minimum atomic E-state index is -4.57. The second-order valence-electron chi connectivity index (χ2n) is 5.22. The van der Waals surface area contributed by atoms with Crippen molar-refractivity contribution in [3.8, 4) is 0 Å². The molecule has 7 heteroatoms. The third-order valence-corrected chi connectivity index (χ3v) is 3.94. The number of carbonyl (C=O) groups is 1. The van der Waals surface area contributed by atoms with Crippen LogP contribution in [-0.2, 0) is 6.18 Å². The first-order valence-corrected chi connectivity index (χ1v) is 6.80. The lowest BCUT2D eigenvalue weighted by Crippen LogP contribution is -2.36. The number of carbonyl (C=O) groups excluding carboxylic acids is 1. The maximum atomic E-state index is 13.0. The van der Waals surface area contributed by atoms with Gasteiger partial charge in [-0.05, 0) is 25.0 Å². The van der Waals surface area contributed by atoms with Crippen molar-refractivity contribution in [2.45, 2.75) is 37.9 Å². The summed E-state index contributed by atoms with van der Waals surface area (Å²) in [5, 5.41) is 0. The number of nitrogen functional groups attached to an aromatic ring is 1. The molecular weight excluding hydrogens is 283 g/mol. The summed E-state index contributed by atoms with van der Waals surface area (Å²) in [6.07, 6.45) is -0.733. The van der Waals surface area contributed by atoms with Crippen LogP contribution in [0.5, 0.6) is 0 Å². The number of alkyl halides is 3. The van der Waals surface area contributed by atoms with E-state index >= 15 is 0 Å². The van der Waals surface area contributed by atoms with Crippen LogP contribution in [0.4, 0.5) is 18.9 Å². The SMILES string of the molecule is CN(C(=O)c1cccc(C(F)(F)F)c1NN)C1CCCC1. The Labute approximate surface area is 121 Å². The highest BCUT2D eigenvalue weighted by Gasteiger charge is 2.36. The van der Waals surface area contributed by atoms with Crippen LogP contribution in [0.2, 0.25) is 0 Å². The minimum Gasteiger partial charge on any atom is -0.339 e. The molecule has 0 radical (unpaired) electrons. The summed E-state index contributed by atoms with van der Waals surface area (Å²) in [6, 6.07) is 3.57. The van der Waals surface area contributed by atoms with E-state index in [9.17, 15) is 18.0 Å². The summed E-state index contributed by atoms with van der Waals surface area (Å²) < 4.78 is 38.9. The topological polar surface area (TPSA) is 58.4 Å². The van der Waals surface area contributed by atoms with Crippen LogP contribution < -0.4 is 11.3 Å². The Morgan fingerprint density at radius 1 is 1.33 bits per heavy atom. The maximum absolute atomic E-state index is 13.0. The molecule has 0 spiro atoms. The average Bonchev–Trinajstić information content (AvgIpc) is 2.98. The molecule has 0 aliphatic heterocycles. The first-order chi connectivity index (χ1) is 9.86. The van der Waals surface area contributed by atoms with Crippen LogP contribution >= 0.6 is 0 Å². The van der Waals surface area contributed by atoms with Gasteiger partial charge in [0.25, 0.3) is 5.91 Å². The van der Waals surface area contributed by atoms with Crippen LogP contribution in [0.3, 0.4) is 0 Å². The lowest BCUT2D eigenvalue weighted by Gasteiger charge is -2.26. The Kier molecular flexibility index (Phi) is 4.41. The quantitative estimate of drug-likeness (QED) is 0.666. The smallest absolute Gasteiger partial charge is 0.339 e. The second kappa shape index (κ2) is 5.93. The number of nitrogens with one attached hydrogen (secondary N) is 1. The van der Waals surface area contributed by atoms with E-state index in [1.807, 2.05) is 5.43 Å². The van der Waals surface area contributed by atoms with Gasteiger partial charge in [0, 0.05) is 13.1 Å². The lowest BCUT2D eigenvalue weighted by atomic mass is 10.0. The standard InChI is InChI=1S/C14H18F3N3O/c1-20(9-5-2-3-6-9)13(21)10-7-4-8-11(12(10)19-18)14(15,16)17/h4,7-9,19H,2-3,5-6,18H2,1H3. The van der Waals surface area contributed by atoms with Gasteiger partial charge in [-0.3, -0.25) is 10.6 Å². The largest absolute Gasteiger partial charge is 0.418 e. The molecule has 2 rings (SSSR count). The minimum absolute atomic E-state index is 0.0540. The van der Waals surface area contributed by atoms with Crippen LogP contribution in [0.15, 0.2) is 18.2 Å². The predicted octanol–water partition coefficient (Wildman–Crippen LogP) is 3.01. The number of hydrogen-bond acceptors (Lipinski definition) is 3. The first-order valence-electron chi connectivity index (χ1n) is 6.80. The monoisotopic (exact) mass is 301 g/mol. The van der Waals surface area contributed by atoms with Gasteiger partial charge >= 0.3 is 6.18 Å². The molecule has 4 nitrogen and oxygen atoms in total. The fourth-order valence-corrected chi connectivity index (χ4v) is 2.77. The zero-order chi connectivity index (χ0) is 15.6. The van der Waals surface area contributed by atoms with Gasteiger partial charge in [0.2, 0.25) is 0 Å². The van der Waals surface area contributed by atoms with E-state index in [0.29, 0.717) is 0 Å². The lowest BCUT2D eigenvalue weighted by molar-refractivity contribution is -0.137. The van der Waals surface area contributed by atoms with Gasteiger partial charge in [-0.1, -0.05) is 18.9 Å². The maximum Gasteiger partial charge on any atom is 0.418 e. The summed E-state index contributed by atoms with van der Waals surface area (Å²) in [7, 11) is 1.62. The van der Waals surface area contributed by atoms with Crippen molar-refractivity contribution in [2.75, 3.05) is 12.5 Å². The number of nitrogens with two attached hydrogens (primary N) is 1. The number of halogens is 3. The molecular formula is C14H18F3N3O. The molecule has 1 aromatic carbocycles. The predicted molar refractivity (Wildman–Crippen MR) is 73.6 cm³/mol. The molecule has 116 valence electrons. The summed E-state index contributed by atoms with van der Waals surface area (Å²) in [4.78, 5) is 14.0. The van der Waals surface area contributed by atoms with Crippen molar-refractivity contribution < 1.29 is 18.0 Å². The number of amides is 1. The van der Waals surface area contributed by atoms with E-state index in [2.05, 4.69) is 0 Å². The van der Waals surface area contributed by atoms with Gasteiger partial charge in [-0.15, -0.1) is 0 Å². The average molecular weight is 301 g/mol. The Hall–Kier alpha value is -1.76. The molecule has 0 atom stereocenters. The molecule has 0 bridgehead atoms. The molecule has 0 aromatic heterocycles. The van der Waals surface area contributed by atoms with E-state index in [-0.39, 0.29) is 17.3 Å². The fraction of sp³-hybridized carbons (Fsp3) is 0.500. The third kappa shape index (κ3) is 3.12. The van der Waals surface area contributed by atoms with Gasteiger partial charge in [0.15, 0.2) is 0 Å². The first kappa shape index (κ1) is 15.6. The van der Waals surface area contributed by atoms with Gasteiger partial charge in [-0.25, -0.2) is 0 Å². The molecule has 1 saturated carbocycles. The van der Waals surface area contributed by atoms with Crippen molar-refractivity contribution >= 4 is 11.6 Å². The summed E-state index contributed by atoms with van der Waals surface area (Å²) in [6.45, 7) is 0. The third-order valence-electron chi connectivity index (χ3n) is 3.94. The summed E-state index contributed by atoms with van der Waals surface area (Å²) in [5.41, 5.74) is 0.666. The molecule has 0 heterocycles. The molecule has 21 heavy (non-hydrogen) atoms. The molecule has 1 aromatic rings. The Morgan fingerprint density at radius 2 is 1.95 bits per heavy atom. The second-order valence-corrected chi connectivity index (χ2v) is 5.22. The van der Waals surface area contributed by atoms with E-state index in [1.54, 1.807) is 7.05 Å². The number of nitrogens with zero attached hydrogens (tertiary/aromatic N) is 1. The number of rotatable bonds is 3. The molecule has 1 amide bonds. The fourth-order valence-electron chi connectivity index (χ4n) is 2.77. The normalized spacial score (nSPS) is 16.0. The van der Waals surface area contributed by atoms with Gasteiger partial charge in [0.05, 0.1) is 16.8 Å². The molecule has 1 fully saturated rings. The molecule has 1 aliphatic carbocycles. The highest BCUT2D eigenvalue weighted by atomic mass is 19.4. The van der Waals surface area contributed by atoms with Crippen LogP contribution in [0.1, 0.15) is 41.6 Å². The van der Waals surface area contributed by atoms with E-state index < -0.39 is 17.6 Å². The van der Waals surface area contributed by atoms with Crippen LogP contribution in [0.25, 0.3) is 0 Å². The molecule has 3 N–H and O–H groups in total. The van der Waals surface area contributed by atoms with Crippen molar-refractivity contribution in [1.29, 1.82) is 0 Å². The number of para-hydroxylation sites is 1.